The van der Waals surface area contributed by atoms with Crippen LogP contribution in [0.25, 0.3) is 16.7 Å². The lowest BCUT2D eigenvalue weighted by molar-refractivity contribution is 0.850. The van der Waals surface area contributed by atoms with E-state index in [1.54, 1.807) is 21.7 Å². The van der Waals surface area contributed by atoms with Crippen molar-refractivity contribution in [3.8, 4) is 5.69 Å². The Morgan fingerprint density at radius 1 is 1.23 bits per heavy atom. The summed E-state index contributed by atoms with van der Waals surface area (Å²) in [4.78, 5) is 34.4. The van der Waals surface area contributed by atoms with E-state index in [1.807, 2.05) is 33.2 Å². The van der Waals surface area contributed by atoms with Crippen molar-refractivity contribution in [3.05, 3.63) is 51.7 Å². The molecule has 4 rings (SSSR count). The maximum Gasteiger partial charge on any atom is 0.262 e. The van der Waals surface area contributed by atoms with Crippen LogP contribution in [-0.4, -0.2) is 48.8 Å². The van der Waals surface area contributed by atoms with Gasteiger partial charge < -0.3 is 15.6 Å². The smallest absolute Gasteiger partial charge is 0.262 e. The highest BCUT2D eigenvalue weighted by atomic mass is 35.5. The number of anilines is 2. The molecule has 10 nitrogen and oxygen atoms in total. The summed E-state index contributed by atoms with van der Waals surface area (Å²) in [5.74, 6) is 1.08. The molecule has 30 heavy (non-hydrogen) atoms. The highest BCUT2D eigenvalue weighted by Gasteiger charge is 2.18. The molecular weight excluding hydrogens is 426 g/mol. The van der Waals surface area contributed by atoms with E-state index in [-0.39, 0.29) is 16.8 Å². The van der Waals surface area contributed by atoms with Gasteiger partial charge in [0.1, 0.15) is 11.2 Å². The minimum Gasteiger partial charge on any atom is -0.368 e. The van der Waals surface area contributed by atoms with E-state index in [9.17, 15) is 4.79 Å². The first kappa shape index (κ1) is 20.1. The molecule has 0 radical (unpaired) electrons. The summed E-state index contributed by atoms with van der Waals surface area (Å²) >= 11 is 7.40. The number of nitrogen functional groups attached to an aromatic ring is 1. The normalized spacial score (nSPS) is 12.3. The lowest BCUT2D eigenvalue weighted by Gasteiger charge is -2.14. The maximum atomic E-state index is 12.6. The van der Waals surface area contributed by atoms with E-state index in [0.29, 0.717) is 38.7 Å². The Balaban J connectivity index is 1.72. The average Bonchev–Trinajstić information content (AvgIpc) is 3.12. The van der Waals surface area contributed by atoms with Crippen molar-refractivity contribution in [1.82, 2.24) is 34.7 Å². The van der Waals surface area contributed by atoms with E-state index < -0.39 is 0 Å². The standard InChI is InChI=1S/C18H18ClN9OS/c1-9(13-22-16(20)26-17(23-13)27(2)3)30-18-24-14-12(15(29)25-18)8-21-28(14)11-6-4-5-10(19)7-11/h4-9H,1-3H3,(H,24,25,29)(H2,20,22,23,26)/t9-/m1/s1. The van der Waals surface area contributed by atoms with Crippen molar-refractivity contribution in [3.63, 3.8) is 0 Å². The zero-order chi connectivity index (χ0) is 21.4. The zero-order valence-electron chi connectivity index (χ0n) is 16.4. The topological polar surface area (TPSA) is 132 Å². The Bertz CT molecular complexity index is 1290. The van der Waals surface area contributed by atoms with Crippen LogP contribution in [-0.2, 0) is 0 Å². The molecule has 3 heterocycles. The number of nitrogens with one attached hydrogen (secondary N) is 1. The zero-order valence-corrected chi connectivity index (χ0v) is 17.9. The highest BCUT2D eigenvalue weighted by Crippen LogP contribution is 2.31. The lowest BCUT2D eigenvalue weighted by atomic mass is 10.3. The van der Waals surface area contributed by atoms with Gasteiger partial charge in [-0.2, -0.15) is 20.1 Å². The third-order valence-electron chi connectivity index (χ3n) is 4.18. The van der Waals surface area contributed by atoms with Gasteiger partial charge in [0.05, 0.1) is 17.1 Å². The van der Waals surface area contributed by atoms with Gasteiger partial charge in [-0.15, -0.1) is 0 Å². The van der Waals surface area contributed by atoms with Crippen LogP contribution < -0.4 is 16.2 Å². The summed E-state index contributed by atoms with van der Waals surface area (Å²) in [6, 6.07) is 7.17. The first-order chi connectivity index (χ1) is 14.3. The van der Waals surface area contributed by atoms with Crippen LogP contribution >= 0.6 is 23.4 Å². The number of benzene rings is 1. The van der Waals surface area contributed by atoms with Gasteiger partial charge in [0.2, 0.25) is 11.9 Å². The number of halogens is 1. The van der Waals surface area contributed by atoms with E-state index in [4.69, 9.17) is 17.3 Å². The molecule has 0 saturated carbocycles. The van der Waals surface area contributed by atoms with Gasteiger partial charge in [0.15, 0.2) is 10.8 Å². The van der Waals surface area contributed by atoms with Gasteiger partial charge in [-0.25, -0.2) is 9.67 Å². The SMILES string of the molecule is C[C@@H](Sc1nc2c(cnn2-c2cccc(Cl)c2)c(=O)[nH]1)c1nc(N)nc(N(C)C)n1. The molecule has 0 aliphatic rings. The summed E-state index contributed by atoms with van der Waals surface area (Å²) in [5.41, 5.74) is 6.67. The molecule has 0 unspecified atom stereocenters. The summed E-state index contributed by atoms with van der Waals surface area (Å²) in [6.07, 6.45) is 1.48. The van der Waals surface area contributed by atoms with Crippen molar-refractivity contribution in [2.75, 3.05) is 24.7 Å². The summed E-state index contributed by atoms with van der Waals surface area (Å²) < 4.78 is 1.58. The minimum absolute atomic E-state index is 0.132. The Morgan fingerprint density at radius 3 is 2.77 bits per heavy atom. The fourth-order valence-corrected chi connectivity index (χ4v) is 3.77. The molecule has 0 fully saturated rings. The second kappa shape index (κ2) is 7.92. The highest BCUT2D eigenvalue weighted by molar-refractivity contribution is 7.99. The first-order valence-electron chi connectivity index (χ1n) is 8.91. The lowest BCUT2D eigenvalue weighted by Crippen LogP contribution is -2.17. The Labute approximate surface area is 180 Å². The largest absolute Gasteiger partial charge is 0.368 e. The third kappa shape index (κ3) is 3.94. The fraction of sp³-hybridized carbons (Fsp3) is 0.222. The summed E-state index contributed by atoms with van der Waals surface area (Å²) in [6.45, 7) is 1.90. The van der Waals surface area contributed by atoms with Gasteiger partial charge in [-0.05, 0) is 25.1 Å². The number of nitrogens with zero attached hydrogens (tertiary/aromatic N) is 7. The molecule has 0 aliphatic carbocycles. The molecule has 154 valence electrons. The van der Waals surface area contributed by atoms with E-state index in [2.05, 4.69) is 30.0 Å². The minimum atomic E-state index is -0.285. The van der Waals surface area contributed by atoms with Crippen molar-refractivity contribution in [2.45, 2.75) is 17.3 Å². The second-order valence-electron chi connectivity index (χ2n) is 6.65. The molecular formula is C18H18ClN9OS. The van der Waals surface area contributed by atoms with Crippen molar-refractivity contribution < 1.29 is 0 Å². The molecule has 4 aromatic rings. The number of rotatable bonds is 5. The quantitative estimate of drug-likeness (QED) is 0.352. The number of H-pyrrole nitrogens is 1. The summed E-state index contributed by atoms with van der Waals surface area (Å²) in [7, 11) is 3.64. The molecule has 1 aromatic carbocycles. The second-order valence-corrected chi connectivity index (χ2v) is 8.42. The number of hydrogen-bond donors (Lipinski definition) is 2. The van der Waals surface area contributed by atoms with Gasteiger partial charge >= 0.3 is 0 Å². The molecule has 3 aromatic heterocycles. The molecule has 0 bridgehead atoms. The number of nitrogens with two attached hydrogens (primary N) is 1. The van der Waals surface area contributed by atoms with Crippen LogP contribution in [0.1, 0.15) is 18.0 Å². The van der Waals surface area contributed by atoms with Gasteiger partial charge in [0, 0.05) is 19.1 Å². The molecule has 0 saturated heterocycles. The van der Waals surface area contributed by atoms with Crippen LogP contribution in [0.5, 0.6) is 0 Å². The van der Waals surface area contributed by atoms with Crippen molar-refractivity contribution in [1.29, 1.82) is 0 Å². The molecule has 3 N–H and O–H groups in total. The van der Waals surface area contributed by atoms with Crippen LogP contribution in [0.4, 0.5) is 11.9 Å². The number of hydrogen-bond acceptors (Lipinski definition) is 9. The van der Waals surface area contributed by atoms with Crippen LogP contribution in [0.2, 0.25) is 5.02 Å². The van der Waals surface area contributed by atoms with Crippen LogP contribution in [0.15, 0.2) is 40.4 Å². The number of aromatic nitrogens is 7. The van der Waals surface area contributed by atoms with Crippen LogP contribution in [0, 0.1) is 0 Å². The molecule has 0 amide bonds. The van der Waals surface area contributed by atoms with Gasteiger partial charge in [-0.1, -0.05) is 29.4 Å². The summed E-state index contributed by atoms with van der Waals surface area (Å²) in [5, 5.41) is 5.42. The maximum absolute atomic E-state index is 12.6. The van der Waals surface area contributed by atoms with Gasteiger partial charge in [0.25, 0.3) is 5.56 Å². The number of fused-ring (bicyclic) bond motifs is 1. The van der Waals surface area contributed by atoms with E-state index in [0.717, 1.165) is 0 Å². The number of thioether (sulfide) groups is 1. The van der Waals surface area contributed by atoms with E-state index >= 15 is 0 Å². The van der Waals surface area contributed by atoms with E-state index in [1.165, 1.54) is 18.0 Å². The van der Waals surface area contributed by atoms with Gasteiger partial charge in [-0.3, -0.25) is 4.79 Å². The fourth-order valence-electron chi connectivity index (χ4n) is 2.75. The molecule has 1 atom stereocenters. The average molecular weight is 444 g/mol. The Hall–Kier alpha value is -3.18. The molecule has 0 aliphatic heterocycles. The molecule has 0 spiro atoms. The first-order valence-corrected chi connectivity index (χ1v) is 10.2. The Kier molecular flexibility index (Phi) is 5.31. The van der Waals surface area contributed by atoms with Crippen molar-refractivity contribution >= 4 is 46.3 Å². The van der Waals surface area contributed by atoms with Crippen molar-refractivity contribution in [2.24, 2.45) is 0 Å². The molecule has 12 heteroatoms. The predicted octanol–water partition coefficient (Wildman–Crippen LogP) is 2.45. The monoisotopic (exact) mass is 443 g/mol. The predicted molar refractivity (Wildman–Crippen MR) is 117 cm³/mol. The third-order valence-corrected chi connectivity index (χ3v) is 5.40. The van der Waals surface area contributed by atoms with Crippen LogP contribution in [0.3, 0.4) is 0 Å². The Morgan fingerprint density at radius 2 is 2.03 bits per heavy atom. The number of aromatic amines is 1.